The molecule has 0 aliphatic carbocycles. The number of piperidine rings is 1. The van der Waals surface area contributed by atoms with Crippen LogP contribution < -0.4 is 4.74 Å². The number of nitrogens with zero attached hydrogens (tertiary/aromatic N) is 2. The van der Waals surface area contributed by atoms with Crippen molar-refractivity contribution in [2.24, 2.45) is 11.1 Å². The number of likely N-dealkylation sites (tertiary alicyclic amines) is 1. The fraction of sp³-hybridized carbons (Fsp3) is 0.533. The Morgan fingerprint density at radius 1 is 1.42 bits per heavy atom. The minimum absolute atomic E-state index is 0.369. The molecule has 1 unspecified atom stereocenters. The highest BCUT2D eigenvalue weighted by Crippen LogP contribution is 2.23. The topological polar surface area (TPSA) is 45.1 Å². The Hall–Kier alpha value is -1.55. The third-order valence-electron chi connectivity index (χ3n) is 3.84. The van der Waals surface area contributed by atoms with E-state index < -0.39 is 0 Å². The maximum Gasteiger partial charge on any atom is 0.123 e. The molecule has 0 amide bonds. The van der Waals surface area contributed by atoms with Crippen molar-refractivity contribution in [3.8, 4) is 5.75 Å². The average molecular weight is 262 g/mol. The third-order valence-corrected chi connectivity index (χ3v) is 3.84. The monoisotopic (exact) mass is 262 g/mol. The molecule has 0 saturated carbocycles. The lowest BCUT2D eigenvalue weighted by molar-refractivity contribution is 0.218. The largest absolute Gasteiger partial charge is 0.496 e. The Labute approximate surface area is 114 Å². The molecule has 1 aliphatic heterocycles. The van der Waals surface area contributed by atoms with Crippen molar-refractivity contribution < 1.29 is 9.94 Å². The number of oxime groups is 1. The second-order valence-corrected chi connectivity index (χ2v) is 4.99. The van der Waals surface area contributed by atoms with Crippen LogP contribution in [-0.4, -0.2) is 36.0 Å². The van der Waals surface area contributed by atoms with E-state index in [2.05, 4.69) is 23.0 Å². The maximum absolute atomic E-state index is 9.00. The van der Waals surface area contributed by atoms with E-state index >= 15 is 0 Å². The molecule has 1 aliphatic rings. The van der Waals surface area contributed by atoms with Crippen LogP contribution in [0.15, 0.2) is 29.4 Å². The average Bonchev–Trinajstić information content (AvgIpc) is 2.47. The molecular formula is C15H22N2O2. The zero-order chi connectivity index (χ0) is 13.7. The molecule has 0 spiro atoms. The summed E-state index contributed by atoms with van der Waals surface area (Å²) in [6.07, 6.45) is 1.87. The Morgan fingerprint density at radius 3 is 2.89 bits per heavy atom. The van der Waals surface area contributed by atoms with Crippen molar-refractivity contribution in [1.82, 2.24) is 4.90 Å². The first kappa shape index (κ1) is 13.9. The molecule has 0 aromatic heterocycles. The number of benzene rings is 1. The first-order chi connectivity index (χ1) is 9.28. The van der Waals surface area contributed by atoms with E-state index in [1.54, 1.807) is 7.11 Å². The molecule has 104 valence electrons. The molecule has 1 saturated heterocycles. The molecule has 1 aromatic carbocycles. The van der Waals surface area contributed by atoms with Gasteiger partial charge in [-0.25, -0.2) is 0 Å². The van der Waals surface area contributed by atoms with E-state index in [-0.39, 0.29) is 0 Å². The molecule has 1 fully saturated rings. The van der Waals surface area contributed by atoms with Crippen molar-refractivity contribution in [2.75, 3.05) is 20.2 Å². The van der Waals surface area contributed by atoms with Gasteiger partial charge in [0.2, 0.25) is 0 Å². The second-order valence-electron chi connectivity index (χ2n) is 4.99. The van der Waals surface area contributed by atoms with E-state index in [1.807, 2.05) is 18.2 Å². The van der Waals surface area contributed by atoms with Gasteiger partial charge in [-0.2, -0.15) is 0 Å². The number of methoxy groups -OCH3 is 1. The standard InChI is InChI=1S/C15H22N2O2/c1-3-12-10-17(9-8-14(12)16-18)11-13-6-4-5-7-15(13)19-2/h4-7,12,18H,3,8-11H2,1-2H3/b16-14+. The molecule has 1 heterocycles. The van der Waals surface area contributed by atoms with Gasteiger partial charge >= 0.3 is 0 Å². The Morgan fingerprint density at radius 2 is 2.21 bits per heavy atom. The number of hydrogen-bond acceptors (Lipinski definition) is 4. The summed E-state index contributed by atoms with van der Waals surface area (Å²) in [7, 11) is 1.71. The van der Waals surface area contributed by atoms with Gasteiger partial charge in [-0.1, -0.05) is 30.3 Å². The molecule has 1 N–H and O–H groups in total. The van der Waals surface area contributed by atoms with Crippen LogP contribution in [0, 0.1) is 5.92 Å². The first-order valence-corrected chi connectivity index (χ1v) is 6.83. The van der Waals surface area contributed by atoms with Gasteiger partial charge in [0, 0.05) is 37.5 Å². The van der Waals surface area contributed by atoms with Crippen LogP contribution in [0.5, 0.6) is 5.75 Å². The highest BCUT2D eigenvalue weighted by molar-refractivity contribution is 5.87. The molecular weight excluding hydrogens is 240 g/mol. The summed E-state index contributed by atoms with van der Waals surface area (Å²) in [5, 5.41) is 12.4. The first-order valence-electron chi connectivity index (χ1n) is 6.83. The Balaban J connectivity index is 2.04. The van der Waals surface area contributed by atoms with Crippen LogP contribution in [0.25, 0.3) is 0 Å². The van der Waals surface area contributed by atoms with E-state index in [1.165, 1.54) is 5.56 Å². The predicted octanol–water partition coefficient (Wildman–Crippen LogP) is 2.76. The summed E-state index contributed by atoms with van der Waals surface area (Å²) in [5.41, 5.74) is 2.16. The van der Waals surface area contributed by atoms with Crippen LogP contribution in [0.1, 0.15) is 25.3 Å². The molecule has 1 aromatic rings. The van der Waals surface area contributed by atoms with Gasteiger partial charge in [0.1, 0.15) is 5.75 Å². The van der Waals surface area contributed by atoms with E-state index in [0.29, 0.717) is 5.92 Å². The van der Waals surface area contributed by atoms with Gasteiger partial charge < -0.3 is 9.94 Å². The van der Waals surface area contributed by atoms with Crippen molar-refractivity contribution in [3.05, 3.63) is 29.8 Å². The molecule has 4 heteroatoms. The number of para-hydroxylation sites is 1. The summed E-state index contributed by atoms with van der Waals surface area (Å²) < 4.78 is 5.39. The zero-order valence-corrected chi connectivity index (χ0v) is 11.7. The summed E-state index contributed by atoms with van der Waals surface area (Å²) in [5.74, 6) is 1.31. The number of rotatable bonds is 4. The molecule has 19 heavy (non-hydrogen) atoms. The van der Waals surface area contributed by atoms with Gasteiger partial charge in [0.15, 0.2) is 0 Å². The zero-order valence-electron chi connectivity index (χ0n) is 11.7. The number of hydrogen-bond donors (Lipinski definition) is 1. The lowest BCUT2D eigenvalue weighted by atomic mass is 9.93. The Bertz CT molecular complexity index is 446. The molecule has 0 bridgehead atoms. The fourth-order valence-corrected chi connectivity index (χ4v) is 2.70. The van der Waals surface area contributed by atoms with Crippen molar-refractivity contribution >= 4 is 5.71 Å². The minimum atomic E-state index is 0.369. The molecule has 2 rings (SSSR count). The van der Waals surface area contributed by atoms with Gasteiger partial charge in [0.25, 0.3) is 0 Å². The molecule has 4 nitrogen and oxygen atoms in total. The highest BCUT2D eigenvalue weighted by atomic mass is 16.5. The summed E-state index contributed by atoms with van der Waals surface area (Å²) in [6.45, 7) is 4.92. The SMILES string of the molecule is CCC1CN(Cc2ccccc2OC)CC/C1=N\O. The highest BCUT2D eigenvalue weighted by Gasteiger charge is 2.25. The number of ether oxygens (including phenoxy) is 1. The van der Waals surface area contributed by atoms with Crippen LogP contribution in [0.4, 0.5) is 0 Å². The van der Waals surface area contributed by atoms with Gasteiger partial charge in [-0.3, -0.25) is 4.90 Å². The van der Waals surface area contributed by atoms with Gasteiger partial charge in [0.05, 0.1) is 12.8 Å². The summed E-state index contributed by atoms with van der Waals surface area (Å²) in [6, 6.07) is 8.14. The quantitative estimate of drug-likeness (QED) is 0.670. The predicted molar refractivity (Wildman–Crippen MR) is 75.9 cm³/mol. The van der Waals surface area contributed by atoms with Crippen LogP contribution in [0.2, 0.25) is 0 Å². The van der Waals surface area contributed by atoms with Crippen molar-refractivity contribution in [1.29, 1.82) is 0 Å². The minimum Gasteiger partial charge on any atom is -0.496 e. The summed E-state index contributed by atoms with van der Waals surface area (Å²) >= 11 is 0. The summed E-state index contributed by atoms with van der Waals surface area (Å²) in [4.78, 5) is 2.40. The lowest BCUT2D eigenvalue weighted by Gasteiger charge is -2.33. The van der Waals surface area contributed by atoms with E-state index in [4.69, 9.17) is 9.94 Å². The third kappa shape index (κ3) is 3.26. The van der Waals surface area contributed by atoms with Crippen molar-refractivity contribution in [3.63, 3.8) is 0 Å². The maximum atomic E-state index is 9.00. The molecule has 1 atom stereocenters. The van der Waals surface area contributed by atoms with Crippen LogP contribution >= 0.6 is 0 Å². The van der Waals surface area contributed by atoms with E-state index in [0.717, 1.165) is 43.9 Å². The van der Waals surface area contributed by atoms with Crippen molar-refractivity contribution in [2.45, 2.75) is 26.3 Å². The van der Waals surface area contributed by atoms with E-state index in [9.17, 15) is 0 Å². The molecule has 0 radical (unpaired) electrons. The normalized spacial score (nSPS) is 22.6. The van der Waals surface area contributed by atoms with Crippen LogP contribution in [0.3, 0.4) is 0 Å². The fourth-order valence-electron chi connectivity index (χ4n) is 2.70. The van der Waals surface area contributed by atoms with Gasteiger partial charge in [-0.05, 0) is 12.5 Å². The van der Waals surface area contributed by atoms with Gasteiger partial charge in [-0.15, -0.1) is 0 Å². The van der Waals surface area contributed by atoms with Crippen LogP contribution in [-0.2, 0) is 6.54 Å². The lowest BCUT2D eigenvalue weighted by Crippen LogP contribution is -2.40. The smallest absolute Gasteiger partial charge is 0.123 e. The second kappa shape index (κ2) is 6.57. The Kier molecular flexibility index (Phi) is 4.80.